The molecular formula is C11H20N2O8S. The highest BCUT2D eigenvalue weighted by molar-refractivity contribution is 7.98. The molecule has 0 spiro atoms. The minimum atomic E-state index is -2.42. The van der Waals surface area contributed by atoms with Gasteiger partial charge in [-0.15, -0.1) is 4.91 Å². The first-order valence-corrected chi connectivity index (χ1v) is 7.88. The molecule has 11 heteroatoms. The van der Waals surface area contributed by atoms with Gasteiger partial charge in [0.1, 0.15) is 24.4 Å². The Balaban J connectivity index is 2.86. The Hall–Kier alpha value is -0.980. The number of ether oxygens (including phenoxy) is 1. The van der Waals surface area contributed by atoms with E-state index in [0.717, 1.165) is 0 Å². The van der Waals surface area contributed by atoms with Crippen molar-refractivity contribution in [1.29, 1.82) is 0 Å². The Kier molecular flexibility index (Phi) is 6.97. The van der Waals surface area contributed by atoms with Crippen LogP contribution in [0.15, 0.2) is 5.29 Å². The number of hydrogen-bond acceptors (Lipinski definition) is 9. The van der Waals surface area contributed by atoms with E-state index >= 15 is 0 Å². The van der Waals surface area contributed by atoms with E-state index in [4.69, 9.17) is 9.84 Å². The van der Waals surface area contributed by atoms with Crippen LogP contribution in [0.25, 0.3) is 0 Å². The lowest BCUT2D eigenvalue weighted by Gasteiger charge is -2.43. The minimum absolute atomic E-state index is 0.0829. The number of carbonyl (C=O) groups is 1. The number of aliphatic carboxylic acids is 1. The Morgan fingerprint density at radius 3 is 2.64 bits per heavy atom. The zero-order chi connectivity index (χ0) is 16.9. The van der Waals surface area contributed by atoms with E-state index in [1.165, 1.54) is 11.8 Å². The van der Waals surface area contributed by atoms with Gasteiger partial charge in [-0.25, -0.2) is 9.80 Å². The van der Waals surface area contributed by atoms with Crippen LogP contribution in [0.3, 0.4) is 0 Å². The number of carboxylic acids is 1. The molecule has 128 valence electrons. The first-order chi connectivity index (χ1) is 10.3. The summed E-state index contributed by atoms with van der Waals surface area (Å²) in [5.41, 5.74) is 0. The molecule has 0 aromatic heterocycles. The van der Waals surface area contributed by atoms with Crippen LogP contribution in [-0.2, 0) is 9.53 Å². The molecule has 22 heavy (non-hydrogen) atoms. The van der Waals surface area contributed by atoms with Gasteiger partial charge in [-0.05, 0) is 18.4 Å². The molecule has 0 aromatic carbocycles. The lowest BCUT2D eigenvalue weighted by atomic mass is 9.96. The molecule has 0 aliphatic carbocycles. The Morgan fingerprint density at radius 1 is 1.50 bits per heavy atom. The monoisotopic (exact) mass is 340 g/mol. The molecule has 1 aliphatic heterocycles. The molecule has 1 rings (SSSR count). The standard InChI is InChI=1S/C11H20N2O8S/c1-22-3-2-6(10(17)18)13(12-20)5-11(19)9(16)8(15)7(14)4-21-11/h6-9,14-16,19H,2-5H2,1H3,(H,17,18)/t6-,7-,8-,9-,11+/m1/s1. The summed E-state index contributed by atoms with van der Waals surface area (Å²) in [6.45, 7) is -1.24. The van der Waals surface area contributed by atoms with Gasteiger partial charge in [0.05, 0.1) is 18.4 Å². The highest BCUT2D eigenvalue weighted by atomic mass is 32.2. The van der Waals surface area contributed by atoms with Crippen LogP contribution in [-0.4, -0.2) is 91.8 Å². The van der Waals surface area contributed by atoms with E-state index < -0.39 is 49.3 Å². The molecule has 0 radical (unpaired) electrons. The average molecular weight is 340 g/mol. The third-order valence-electron chi connectivity index (χ3n) is 3.42. The largest absolute Gasteiger partial charge is 0.480 e. The Morgan fingerprint density at radius 2 is 2.14 bits per heavy atom. The number of hydrogen-bond donors (Lipinski definition) is 5. The molecule has 0 saturated carbocycles. The fourth-order valence-corrected chi connectivity index (χ4v) is 2.55. The summed E-state index contributed by atoms with van der Waals surface area (Å²) >= 11 is 1.37. The van der Waals surface area contributed by atoms with E-state index in [0.29, 0.717) is 10.8 Å². The molecule has 1 heterocycles. The van der Waals surface area contributed by atoms with Gasteiger partial charge >= 0.3 is 5.97 Å². The number of nitrogens with zero attached hydrogens (tertiary/aromatic N) is 2. The van der Waals surface area contributed by atoms with Crippen molar-refractivity contribution in [3.8, 4) is 0 Å². The van der Waals surface area contributed by atoms with Crippen molar-refractivity contribution in [2.45, 2.75) is 36.6 Å². The maximum absolute atomic E-state index is 11.2. The van der Waals surface area contributed by atoms with Crippen LogP contribution in [0.1, 0.15) is 6.42 Å². The van der Waals surface area contributed by atoms with Gasteiger partial charge < -0.3 is 30.3 Å². The van der Waals surface area contributed by atoms with Gasteiger partial charge in [0.15, 0.2) is 0 Å². The molecule has 0 bridgehead atoms. The van der Waals surface area contributed by atoms with Crippen LogP contribution in [0.2, 0.25) is 0 Å². The Labute approximate surface area is 130 Å². The average Bonchev–Trinajstić information content (AvgIpc) is 2.48. The van der Waals surface area contributed by atoms with Crippen LogP contribution < -0.4 is 0 Å². The summed E-state index contributed by atoms with van der Waals surface area (Å²) < 4.78 is 4.88. The molecule has 1 saturated heterocycles. The minimum Gasteiger partial charge on any atom is -0.480 e. The predicted molar refractivity (Wildman–Crippen MR) is 75.8 cm³/mol. The lowest BCUT2D eigenvalue weighted by Crippen LogP contribution is -2.65. The molecular weight excluding hydrogens is 320 g/mol. The number of nitroso groups, excluding NO2 is 1. The van der Waals surface area contributed by atoms with E-state index in [2.05, 4.69) is 5.29 Å². The zero-order valence-electron chi connectivity index (χ0n) is 11.9. The summed E-state index contributed by atoms with van der Waals surface area (Å²) in [5, 5.41) is 51.2. The first kappa shape index (κ1) is 19.1. The SMILES string of the molecule is CSCC[C@H](C(=O)O)N(C[C@]1(O)OC[C@@H](O)[C@@H](O)[C@H]1O)N=O. The van der Waals surface area contributed by atoms with Gasteiger partial charge in [0.2, 0.25) is 5.79 Å². The van der Waals surface area contributed by atoms with Crippen molar-refractivity contribution >= 4 is 17.7 Å². The summed E-state index contributed by atoms with van der Waals surface area (Å²) in [7, 11) is 0. The second kappa shape index (κ2) is 8.04. The second-order valence-electron chi connectivity index (χ2n) is 4.97. The second-order valence-corrected chi connectivity index (χ2v) is 5.96. The number of aliphatic hydroxyl groups is 4. The van der Waals surface area contributed by atoms with Crippen molar-refractivity contribution in [3.05, 3.63) is 4.91 Å². The maximum atomic E-state index is 11.2. The topological polar surface area (TPSA) is 160 Å². The Bertz CT molecular complexity index is 400. The van der Waals surface area contributed by atoms with E-state index in [1.54, 1.807) is 6.26 Å². The number of thioether (sulfide) groups is 1. The van der Waals surface area contributed by atoms with Crippen LogP contribution in [0, 0.1) is 4.91 Å². The molecule has 0 amide bonds. The van der Waals surface area contributed by atoms with Gasteiger partial charge in [-0.1, -0.05) is 0 Å². The fourth-order valence-electron chi connectivity index (χ4n) is 2.09. The van der Waals surface area contributed by atoms with E-state index in [1.807, 2.05) is 0 Å². The van der Waals surface area contributed by atoms with Crippen molar-refractivity contribution < 1.29 is 35.1 Å². The van der Waals surface area contributed by atoms with Gasteiger partial charge in [0, 0.05) is 0 Å². The third-order valence-corrected chi connectivity index (χ3v) is 4.06. The molecule has 10 nitrogen and oxygen atoms in total. The zero-order valence-corrected chi connectivity index (χ0v) is 12.7. The molecule has 5 atom stereocenters. The van der Waals surface area contributed by atoms with Crippen LogP contribution >= 0.6 is 11.8 Å². The van der Waals surface area contributed by atoms with E-state index in [9.17, 15) is 30.1 Å². The maximum Gasteiger partial charge on any atom is 0.328 e. The molecule has 1 aliphatic rings. The summed E-state index contributed by atoms with van der Waals surface area (Å²) in [6.07, 6.45) is -3.17. The first-order valence-electron chi connectivity index (χ1n) is 6.49. The van der Waals surface area contributed by atoms with Crippen LogP contribution in [0.5, 0.6) is 0 Å². The van der Waals surface area contributed by atoms with E-state index in [-0.39, 0.29) is 6.42 Å². The van der Waals surface area contributed by atoms with Gasteiger partial charge in [-0.2, -0.15) is 11.8 Å². The quantitative estimate of drug-likeness (QED) is 0.246. The van der Waals surface area contributed by atoms with Gasteiger partial charge in [0.25, 0.3) is 0 Å². The number of carboxylic acid groups (broad SMARTS) is 1. The van der Waals surface area contributed by atoms with Gasteiger partial charge in [-0.3, -0.25) is 0 Å². The number of rotatable bonds is 8. The van der Waals surface area contributed by atoms with Crippen molar-refractivity contribution in [2.75, 3.05) is 25.2 Å². The van der Waals surface area contributed by atoms with Crippen molar-refractivity contribution in [1.82, 2.24) is 5.01 Å². The molecule has 5 N–H and O–H groups in total. The normalized spacial score (nSPS) is 33.2. The predicted octanol–water partition coefficient (Wildman–Crippen LogP) is -2.02. The smallest absolute Gasteiger partial charge is 0.328 e. The van der Waals surface area contributed by atoms with Crippen molar-refractivity contribution in [3.63, 3.8) is 0 Å². The highest BCUT2D eigenvalue weighted by Crippen LogP contribution is 2.26. The van der Waals surface area contributed by atoms with Crippen LogP contribution in [0.4, 0.5) is 0 Å². The summed E-state index contributed by atoms with van der Waals surface area (Å²) in [6, 6.07) is -1.31. The highest BCUT2D eigenvalue weighted by Gasteiger charge is 2.50. The molecule has 1 fully saturated rings. The van der Waals surface area contributed by atoms with Crippen molar-refractivity contribution in [2.24, 2.45) is 5.29 Å². The number of aliphatic hydroxyl groups excluding tert-OH is 3. The summed E-state index contributed by atoms with van der Waals surface area (Å²) in [5.74, 6) is -3.30. The molecule has 0 aromatic rings. The fraction of sp³-hybridized carbons (Fsp3) is 0.909. The molecule has 0 unspecified atom stereocenters. The lowest BCUT2D eigenvalue weighted by molar-refractivity contribution is -0.326. The summed E-state index contributed by atoms with van der Waals surface area (Å²) in [4.78, 5) is 22.2. The third kappa shape index (κ3) is 4.27.